The van der Waals surface area contributed by atoms with Gasteiger partial charge in [0.25, 0.3) is 6.71 Å². The normalized spacial score (nSPS) is 14.5. The molecule has 0 atom stereocenters. The first-order valence-electron chi connectivity index (χ1n) is 26.6. The monoisotopic (exact) mass is 957 g/mol. The van der Waals surface area contributed by atoms with Gasteiger partial charge in [-0.1, -0.05) is 199 Å². The van der Waals surface area contributed by atoms with Crippen LogP contribution < -0.4 is 30.9 Å². The van der Waals surface area contributed by atoms with E-state index in [1.54, 1.807) is 0 Å². The molecule has 0 N–H and O–H groups in total. The van der Waals surface area contributed by atoms with E-state index in [0.717, 1.165) is 39.8 Å². The summed E-state index contributed by atoms with van der Waals surface area (Å²) < 4.78 is 7.81. The third-order valence-corrected chi connectivity index (χ3v) is 16.2. The highest BCUT2D eigenvalue weighted by atomic mass is 16.5. The van der Waals surface area contributed by atoms with Gasteiger partial charge in [-0.3, -0.25) is 0 Å². The van der Waals surface area contributed by atoms with Gasteiger partial charge < -0.3 is 14.5 Å². The van der Waals surface area contributed by atoms with Crippen LogP contribution in [0.2, 0.25) is 0 Å². The first kappa shape index (κ1) is 48.5. The molecule has 3 aliphatic rings. The summed E-state index contributed by atoms with van der Waals surface area (Å²) in [7, 11) is 0. The molecule has 0 radical (unpaired) electrons. The van der Waals surface area contributed by atoms with E-state index in [-0.39, 0.29) is 33.8 Å². The van der Waals surface area contributed by atoms with Gasteiger partial charge in [0, 0.05) is 39.4 Å². The number of benzene rings is 8. The van der Waals surface area contributed by atoms with Crippen molar-refractivity contribution in [1.82, 2.24) is 0 Å². The van der Waals surface area contributed by atoms with Crippen LogP contribution in [0.15, 0.2) is 152 Å². The van der Waals surface area contributed by atoms with E-state index in [1.165, 1.54) is 89.0 Å². The molecule has 0 spiro atoms. The quantitative estimate of drug-likeness (QED) is 0.160. The van der Waals surface area contributed by atoms with Crippen LogP contribution in [0.1, 0.15) is 141 Å². The molecule has 0 amide bonds. The molecule has 368 valence electrons. The van der Waals surface area contributed by atoms with Crippen LogP contribution in [-0.2, 0) is 27.1 Å². The predicted octanol–water partition coefficient (Wildman–Crippen LogP) is 17.3. The van der Waals surface area contributed by atoms with Crippen LogP contribution in [0.5, 0.6) is 11.5 Å². The first-order valence-corrected chi connectivity index (χ1v) is 26.6. The number of aryl methyl sites for hydroxylation is 2. The number of nitrogens with zero attached hydrogens (tertiary/aromatic N) is 2. The van der Waals surface area contributed by atoms with Gasteiger partial charge in [0.15, 0.2) is 0 Å². The van der Waals surface area contributed by atoms with Crippen molar-refractivity contribution in [2.75, 3.05) is 9.80 Å². The molecular formula is C69H73BN2O. The highest BCUT2D eigenvalue weighted by molar-refractivity contribution is 6.99. The van der Waals surface area contributed by atoms with Gasteiger partial charge in [-0.25, -0.2) is 0 Å². The van der Waals surface area contributed by atoms with E-state index >= 15 is 0 Å². The Morgan fingerprint density at radius 2 is 1.00 bits per heavy atom. The Balaban J connectivity index is 1.26. The minimum Gasteiger partial charge on any atom is -0.458 e. The number of rotatable bonds is 5. The van der Waals surface area contributed by atoms with Crippen molar-refractivity contribution >= 4 is 57.2 Å². The van der Waals surface area contributed by atoms with Crippen molar-refractivity contribution in [3.63, 3.8) is 0 Å². The predicted molar refractivity (Wildman–Crippen MR) is 314 cm³/mol. The molecule has 2 aliphatic heterocycles. The van der Waals surface area contributed by atoms with Crippen LogP contribution in [0.4, 0.5) is 34.1 Å². The second-order valence-corrected chi connectivity index (χ2v) is 26.1. The van der Waals surface area contributed by atoms with E-state index in [0.29, 0.717) is 0 Å². The topological polar surface area (TPSA) is 15.7 Å². The van der Waals surface area contributed by atoms with Gasteiger partial charge in [0.1, 0.15) is 11.5 Å². The molecule has 0 bridgehead atoms. The smallest absolute Gasteiger partial charge is 0.256 e. The molecule has 11 rings (SSSR count). The van der Waals surface area contributed by atoms with Crippen molar-refractivity contribution in [3.05, 3.63) is 196 Å². The first-order chi connectivity index (χ1) is 34.3. The number of hydrogen-bond acceptors (Lipinski definition) is 3. The van der Waals surface area contributed by atoms with Gasteiger partial charge in [0.05, 0.1) is 5.69 Å². The SMILES string of the molecule is Cc1cc(C)cc(-c2cc3c4c(c2)N(c2ccc(C(C)(C)C)cc2)c2ccc(C(C)(C)C)cc2B4c2cc(N(c4ccc(C(C)(C)C)cc4)c4ccc(C(C)(C)C)cc4)c4c(c2O3)-c2ccccc2C4(C)C)c1. The molecule has 0 saturated heterocycles. The van der Waals surface area contributed by atoms with Crippen molar-refractivity contribution < 1.29 is 4.74 Å². The van der Waals surface area contributed by atoms with Crippen LogP contribution in [0.3, 0.4) is 0 Å². The Kier molecular flexibility index (Phi) is 11.0. The molecule has 0 aromatic heterocycles. The highest BCUT2D eigenvalue weighted by Gasteiger charge is 2.48. The van der Waals surface area contributed by atoms with E-state index in [2.05, 4.69) is 272 Å². The number of fused-ring (bicyclic) bond motifs is 8. The van der Waals surface area contributed by atoms with E-state index in [4.69, 9.17) is 4.74 Å². The van der Waals surface area contributed by atoms with Gasteiger partial charge in [0.2, 0.25) is 0 Å². The summed E-state index contributed by atoms with van der Waals surface area (Å²) in [6.07, 6.45) is 0. The maximum Gasteiger partial charge on any atom is 0.256 e. The molecule has 8 aromatic rings. The average molecular weight is 957 g/mol. The Morgan fingerprint density at radius 3 is 1.55 bits per heavy atom. The van der Waals surface area contributed by atoms with Crippen LogP contribution >= 0.6 is 0 Å². The summed E-state index contributed by atoms with van der Waals surface area (Å²) >= 11 is 0. The summed E-state index contributed by atoms with van der Waals surface area (Å²) in [4.78, 5) is 5.07. The molecule has 8 aromatic carbocycles. The summed E-state index contributed by atoms with van der Waals surface area (Å²) in [6, 6.07) is 58.6. The lowest BCUT2D eigenvalue weighted by Crippen LogP contribution is -2.60. The second kappa shape index (κ2) is 16.6. The highest BCUT2D eigenvalue weighted by Crippen LogP contribution is 2.59. The van der Waals surface area contributed by atoms with Gasteiger partial charge in [-0.2, -0.15) is 0 Å². The zero-order valence-electron chi connectivity index (χ0n) is 46.3. The van der Waals surface area contributed by atoms with Crippen molar-refractivity contribution in [2.24, 2.45) is 0 Å². The molecule has 4 heteroatoms. The average Bonchev–Trinajstić information content (AvgIpc) is 3.57. The van der Waals surface area contributed by atoms with Crippen molar-refractivity contribution in [1.29, 1.82) is 0 Å². The maximum absolute atomic E-state index is 7.81. The van der Waals surface area contributed by atoms with Gasteiger partial charge >= 0.3 is 0 Å². The van der Waals surface area contributed by atoms with E-state index in [9.17, 15) is 0 Å². The molecule has 0 fully saturated rings. The number of ether oxygens (including phenoxy) is 1. The molecule has 0 unspecified atom stereocenters. The lowest BCUT2D eigenvalue weighted by molar-refractivity contribution is 0.488. The number of anilines is 6. The summed E-state index contributed by atoms with van der Waals surface area (Å²) in [6.45, 7) is 36.8. The zero-order chi connectivity index (χ0) is 51.9. The Morgan fingerprint density at radius 1 is 0.493 bits per heavy atom. The van der Waals surface area contributed by atoms with Gasteiger partial charge in [-0.05, 0) is 163 Å². The Hall–Kier alpha value is -6.78. The van der Waals surface area contributed by atoms with Crippen molar-refractivity contribution in [3.8, 4) is 33.8 Å². The molecule has 73 heavy (non-hydrogen) atoms. The Labute approximate surface area is 437 Å². The van der Waals surface area contributed by atoms with Crippen molar-refractivity contribution in [2.45, 2.75) is 138 Å². The van der Waals surface area contributed by atoms with Crippen LogP contribution in [0.25, 0.3) is 22.3 Å². The standard InChI is InChI=1S/C69H73BN2O/c1-42-35-43(2)37-44(36-42)45-38-59-63-60(39-45)73-64-56(70(63)55-40-49(68(12,13)14)27-34-57(55)72(59)52-32-25-48(26-33-52)67(9,10)11)41-58(62-61(64)53-19-17-18-20-54(53)69(62,15)16)71(50-28-21-46(22-29-50)65(3,4)5)51-30-23-47(24-31-51)66(6,7)8/h17-41H,1-16H3. The van der Waals surface area contributed by atoms with Crippen LogP contribution in [0, 0.1) is 13.8 Å². The fourth-order valence-corrected chi connectivity index (χ4v) is 12.1. The maximum atomic E-state index is 7.81. The molecular weight excluding hydrogens is 884 g/mol. The molecule has 3 nitrogen and oxygen atoms in total. The lowest BCUT2D eigenvalue weighted by atomic mass is 9.33. The fraction of sp³-hybridized carbons (Fsp3) is 0.304. The van der Waals surface area contributed by atoms with Crippen LogP contribution in [-0.4, -0.2) is 6.71 Å². The lowest BCUT2D eigenvalue weighted by Gasteiger charge is -2.42. The summed E-state index contributed by atoms with van der Waals surface area (Å²) in [5.74, 6) is 1.87. The van der Waals surface area contributed by atoms with Gasteiger partial charge in [-0.15, -0.1) is 0 Å². The Bertz CT molecular complexity index is 3420. The zero-order valence-corrected chi connectivity index (χ0v) is 46.3. The molecule has 0 saturated carbocycles. The number of hydrogen-bond donors (Lipinski definition) is 0. The van der Waals surface area contributed by atoms with E-state index < -0.39 is 0 Å². The largest absolute Gasteiger partial charge is 0.458 e. The van der Waals surface area contributed by atoms with E-state index in [1.807, 2.05) is 0 Å². The summed E-state index contributed by atoms with van der Waals surface area (Å²) in [5, 5.41) is 0. The third kappa shape index (κ3) is 8.12. The molecule has 1 aliphatic carbocycles. The third-order valence-electron chi connectivity index (χ3n) is 16.2. The minimum atomic E-state index is -0.360. The molecule has 2 heterocycles. The fourth-order valence-electron chi connectivity index (χ4n) is 12.1. The second-order valence-electron chi connectivity index (χ2n) is 26.1. The summed E-state index contributed by atoms with van der Waals surface area (Å²) in [5.41, 5.74) is 25.3. The minimum absolute atomic E-state index is 0.0116.